The minimum absolute atomic E-state index is 0.254. The molecule has 0 aliphatic rings. The van der Waals surface area contributed by atoms with Crippen molar-refractivity contribution in [3.05, 3.63) is 59.9 Å². The molecular formula is C15H16FNO. The van der Waals surface area contributed by atoms with Crippen LogP contribution in [-0.2, 0) is 0 Å². The Morgan fingerprint density at radius 2 is 1.67 bits per heavy atom. The van der Waals surface area contributed by atoms with Gasteiger partial charge in [0, 0.05) is 24.0 Å². The molecule has 0 fully saturated rings. The summed E-state index contributed by atoms with van der Waals surface area (Å²) in [6, 6.07) is 13.9. The maximum atomic E-state index is 12.9. The number of aliphatic hydroxyl groups is 1. The first kappa shape index (κ1) is 12.6. The first-order chi connectivity index (χ1) is 8.59. The largest absolute Gasteiger partial charge is 0.389 e. The van der Waals surface area contributed by atoms with Gasteiger partial charge in [0.15, 0.2) is 0 Å². The normalized spacial score (nSPS) is 12.2. The second-order valence-corrected chi connectivity index (χ2v) is 4.27. The molecule has 0 aromatic heterocycles. The summed E-state index contributed by atoms with van der Waals surface area (Å²) in [4.78, 5) is 1.93. The number of halogens is 1. The molecule has 0 heterocycles. The van der Waals surface area contributed by atoms with Gasteiger partial charge in [0.05, 0.1) is 6.10 Å². The van der Waals surface area contributed by atoms with Gasteiger partial charge in [-0.15, -0.1) is 0 Å². The van der Waals surface area contributed by atoms with Crippen molar-refractivity contribution in [3.63, 3.8) is 0 Å². The highest BCUT2D eigenvalue weighted by atomic mass is 19.1. The van der Waals surface area contributed by atoms with Gasteiger partial charge in [-0.3, -0.25) is 0 Å². The summed E-state index contributed by atoms with van der Waals surface area (Å²) in [7, 11) is 1.90. The number of hydrogen-bond donors (Lipinski definition) is 1. The molecule has 0 aliphatic heterocycles. The molecule has 0 saturated heterocycles. The maximum absolute atomic E-state index is 12.9. The third kappa shape index (κ3) is 2.51. The number of benzene rings is 2. The van der Waals surface area contributed by atoms with Crippen LogP contribution in [0.25, 0.3) is 0 Å². The Hall–Kier alpha value is -1.87. The molecule has 0 radical (unpaired) electrons. The Kier molecular flexibility index (Phi) is 3.63. The third-order valence-corrected chi connectivity index (χ3v) is 2.96. The zero-order valence-electron chi connectivity index (χ0n) is 10.5. The lowest BCUT2D eigenvalue weighted by Crippen LogP contribution is -2.12. The monoisotopic (exact) mass is 245 g/mol. The summed E-state index contributed by atoms with van der Waals surface area (Å²) < 4.78 is 12.9. The first-order valence-corrected chi connectivity index (χ1v) is 5.86. The average Bonchev–Trinajstić information content (AvgIpc) is 2.39. The summed E-state index contributed by atoms with van der Waals surface area (Å²) >= 11 is 0. The van der Waals surface area contributed by atoms with Crippen molar-refractivity contribution in [2.45, 2.75) is 13.0 Å². The molecule has 0 spiro atoms. The van der Waals surface area contributed by atoms with Crippen LogP contribution in [0.4, 0.5) is 15.8 Å². The van der Waals surface area contributed by atoms with Crippen LogP contribution >= 0.6 is 0 Å². The molecule has 1 N–H and O–H groups in total. The smallest absolute Gasteiger partial charge is 0.123 e. The van der Waals surface area contributed by atoms with Gasteiger partial charge in [0.25, 0.3) is 0 Å². The van der Waals surface area contributed by atoms with E-state index in [2.05, 4.69) is 0 Å². The number of hydrogen-bond acceptors (Lipinski definition) is 2. The van der Waals surface area contributed by atoms with Gasteiger partial charge in [-0.25, -0.2) is 4.39 Å². The molecule has 3 heteroatoms. The minimum atomic E-state index is -0.538. The average molecular weight is 245 g/mol. The molecule has 0 unspecified atom stereocenters. The molecule has 2 rings (SSSR count). The maximum Gasteiger partial charge on any atom is 0.123 e. The Balaban J connectivity index is 2.39. The van der Waals surface area contributed by atoms with E-state index in [1.807, 2.05) is 36.2 Å². The fourth-order valence-corrected chi connectivity index (χ4v) is 1.95. The van der Waals surface area contributed by atoms with Crippen molar-refractivity contribution in [1.29, 1.82) is 0 Å². The number of para-hydroxylation sites is 1. The predicted octanol–water partition coefficient (Wildman–Crippen LogP) is 3.65. The van der Waals surface area contributed by atoms with E-state index in [0.717, 1.165) is 16.9 Å². The van der Waals surface area contributed by atoms with Crippen LogP contribution in [0.5, 0.6) is 0 Å². The van der Waals surface area contributed by atoms with Crippen molar-refractivity contribution in [2.75, 3.05) is 11.9 Å². The zero-order chi connectivity index (χ0) is 13.1. The zero-order valence-corrected chi connectivity index (χ0v) is 10.5. The van der Waals surface area contributed by atoms with Crippen LogP contribution in [0.3, 0.4) is 0 Å². The molecule has 0 aliphatic carbocycles. The quantitative estimate of drug-likeness (QED) is 0.892. The summed E-state index contributed by atoms with van der Waals surface area (Å²) in [5.41, 5.74) is 2.65. The van der Waals surface area contributed by atoms with Gasteiger partial charge in [-0.1, -0.05) is 18.2 Å². The topological polar surface area (TPSA) is 23.5 Å². The lowest BCUT2D eigenvalue weighted by molar-refractivity contribution is 0.200. The second kappa shape index (κ2) is 5.19. The standard InChI is InChI=1S/C15H16FNO/c1-11(18)14-5-3-4-6-15(14)17(2)13-9-7-12(16)8-10-13/h3-11,18H,1-2H3/t11-/m1/s1. The molecule has 2 nitrogen and oxygen atoms in total. The van der Waals surface area contributed by atoms with Gasteiger partial charge >= 0.3 is 0 Å². The highest BCUT2D eigenvalue weighted by Gasteiger charge is 2.12. The van der Waals surface area contributed by atoms with E-state index in [4.69, 9.17) is 0 Å². The molecule has 0 bridgehead atoms. The van der Waals surface area contributed by atoms with Gasteiger partial charge in [0.2, 0.25) is 0 Å². The van der Waals surface area contributed by atoms with Crippen molar-refractivity contribution in [1.82, 2.24) is 0 Å². The Morgan fingerprint density at radius 3 is 2.28 bits per heavy atom. The minimum Gasteiger partial charge on any atom is -0.389 e. The fourth-order valence-electron chi connectivity index (χ4n) is 1.95. The van der Waals surface area contributed by atoms with E-state index >= 15 is 0 Å². The van der Waals surface area contributed by atoms with Crippen LogP contribution in [0, 0.1) is 5.82 Å². The van der Waals surface area contributed by atoms with Gasteiger partial charge in [-0.05, 0) is 37.3 Å². The summed E-state index contributed by atoms with van der Waals surface area (Å²) in [5, 5.41) is 9.76. The van der Waals surface area contributed by atoms with Crippen LogP contribution in [0.1, 0.15) is 18.6 Å². The first-order valence-electron chi connectivity index (χ1n) is 5.86. The van der Waals surface area contributed by atoms with Crippen molar-refractivity contribution in [2.24, 2.45) is 0 Å². The number of aliphatic hydroxyl groups excluding tert-OH is 1. The van der Waals surface area contributed by atoms with Gasteiger partial charge in [-0.2, -0.15) is 0 Å². The van der Waals surface area contributed by atoms with Crippen molar-refractivity contribution < 1.29 is 9.50 Å². The van der Waals surface area contributed by atoms with E-state index in [9.17, 15) is 9.50 Å². The van der Waals surface area contributed by atoms with Crippen LogP contribution in [0.15, 0.2) is 48.5 Å². The van der Waals surface area contributed by atoms with Crippen LogP contribution in [0.2, 0.25) is 0 Å². The molecular weight excluding hydrogens is 229 g/mol. The van der Waals surface area contributed by atoms with Gasteiger partial charge in [0.1, 0.15) is 5.82 Å². The highest BCUT2D eigenvalue weighted by Crippen LogP contribution is 2.30. The van der Waals surface area contributed by atoms with E-state index in [0.29, 0.717) is 0 Å². The van der Waals surface area contributed by atoms with Crippen LogP contribution < -0.4 is 4.90 Å². The molecule has 18 heavy (non-hydrogen) atoms. The number of rotatable bonds is 3. The van der Waals surface area contributed by atoms with E-state index in [-0.39, 0.29) is 5.82 Å². The lowest BCUT2D eigenvalue weighted by Gasteiger charge is -2.23. The fraction of sp³-hybridized carbons (Fsp3) is 0.200. The molecule has 1 atom stereocenters. The predicted molar refractivity (Wildman–Crippen MR) is 71.5 cm³/mol. The molecule has 2 aromatic rings. The molecule has 0 amide bonds. The van der Waals surface area contributed by atoms with E-state index < -0.39 is 6.10 Å². The van der Waals surface area contributed by atoms with Crippen LogP contribution in [-0.4, -0.2) is 12.2 Å². The highest BCUT2D eigenvalue weighted by molar-refractivity contribution is 5.66. The summed E-state index contributed by atoms with van der Waals surface area (Å²) in [5.74, 6) is -0.254. The molecule has 0 saturated carbocycles. The molecule has 2 aromatic carbocycles. The SMILES string of the molecule is C[C@@H](O)c1ccccc1N(C)c1ccc(F)cc1. The number of anilines is 2. The summed E-state index contributed by atoms with van der Waals surface area (Å²) in [6.45, 7) is 1.73. The second-order valence-electron chi connectivity index (χ2n) is 4.27. The van der Waals surface area contributed by atoms with E-state index in [1.165, 1.54) is 12.1 Å². The number of nitrogens with zero attached hydrogens (tertiary/aromatic N) is 1. The Morgan fingerprint density at radius 1 is 1.06 bits per heavy atom. The van der Waals surface area contributed by atoms with Crippen molar-refractivity contribution in [3.8, 4) is 0 Å². The van der Waals surface area contributed by atoms with Crippen molar-refractivity contribution >= 4 is 11.4 Å². The van der Waals surface area contributed by atoms with E-state index in [1.54, 1.807) is 19.1 Å². The third-order valence-electron chi connectivity index (χ3n) is 2.96. The Labute approximate surface area is 106 Å². The lowest BCUT2D eigenvalue weighted by atomic mass is 10.1. The Bertz CT molecular complexity index is 522. The molecule has 94 valence electrons. The summed E-state index contributed by atoms with van der Waals surface area (Å²) in [6.07, 6.45) is -0.538. The van der Waals surface area contributed by atoms with Gasteiger partial charge < -0.3 is 10.0 Å².